The number of primary sulfonamides is 1. The SMILES string of the molecule is CN(C(=O)C(F)F)c1ccc(S(N)(=O)=O)cc1. The summed E-state index contributed by atoms with van der Waals surface area (Å²) in [5, 5.41) is 4.86. The fourth-order valence-electron chi connectivity index (χ4n) is 1.13. The number of hydrogen-bond donors (Lipinski definition) is 1. The molecule has 0 spiro atoms. The van der Waals surface area contributed by atoms with Crippen LogP contribution in [0.1, 0.15) is 0 Å². The van der Waals surface area contributed by atoms with E-state index in [1.165, 1.54) is 19.2 Å². The summed E-state index contributed by atoms with van der Waals surface area (Å²) in [5.41, 5.74) is 0.155. The number of carbonyl (C=O) groups excluding carboxylic acids is 1. The fraction of sp³-hybridized carbons (Fsp3) is 0.222. The average Bonchev–Trinajstić information content (AvgIpc) is 2.26. The van der Waals surface area contributed by atoms with E-state index in [0.717, 1.165) is 17.0 Å². The third-order valence-electron chi connectivity index (χ3n) is 2.07. The normalized spacial score (nSPS) is 11.6. The molecular weight excluding hydrogens is 254 g/mol. The van der Waals surface area contributed by atoms with E-state index in [4.69, 9.17) is 5.14 Å². The molecule has 8 heteroatoms. The minimum Gasteiger partial charge on any atom is -0.311 e. The second kappa shape index (κ2) is 4.76. The molecule has 0 unspecified atom stereocenters. The molecule has 0 aromatic heterocycles. The summed E-state index contributed by atoms with van der Waals surface area (Å²) < 4.78 is 46.1. The summed E-state index contributed by atoms with van der Waals surface area (Å²) in [6.07, 6.45) is -3.11. The molecule has 0 aliphatic rings. The predicted molar refractivity (Wildman–Crippen MR) is 57.2 cm³/mol. The highest BCUT2D eigenvalue weighted by molar-refractivity contribution is 7.89. The Labute approximate surface area is 96.9 Å². The van der Waals surface area contributed by atoms with Gasteiger partial charge in [-0.3, -0.25) is 4.79 Å². The van der Waals surface area contributed by atoms with Crippen LogP contribution in [0.2, 0.25) is 0 Å². The van der Waals surface area contributed by atoms with Crippen LogP contribution >= 0.6 is 0 Å². The monoisotopic (exact) mass is 264 g/mol. The summed E-state index contributed by atoms with van der Waals surface area (Å²) in [7, 11) is -2.67. The fourth-order valence-corrected chi connectivity index (χ4v) is 1.65. The van der Waals surface area contributed by atoms with Gasteiger partial charge >= 0.3 is 6.43 Å². The first-order chi connectivity index (χ1) is 7.73. The van der Waals surface area contributed by atoms with Crippen LogP contribution in [0.5, 0.6) is 0 Å². The number of benzene rings is 1. The third-order valence-corrected chi connectivity index (χ3v) is 3.00. The first-order valence-corrected chi connectivity index (χ1v) is 5.96. The zero-order valence-electron chi connectivity index (χ0n) is 8.80. The lowest BCUT2D eigenvalue weighted by Gasteiger charge is -2.16. The van der Waals surface area contributed by atoms with E-state index >= 15 is 0 Å². The van der Waals surface area contributed by atoms with Crippen LogP contribution in [0.15, 0.2) is 29.2 Å². The molecule has 1 aromatic carbocycles. The van der Waals surface area contributed by atoms with Gasteiger partial charge in [-0.15, -0.1) is 0 Å². The predicted octanol–water partition coefficient (Wildman–Crippen LogP) is 0.562. The number of halogens is 2. The van der Waals surface area contributed by atoms with Gasteiger partial charge in [0.25, 0.3) is 5.91 Å². The lowest BCUT2D eigenvalue weighted by molar-refractivity contribution is -0.128. The lowest BCUT2D eigenvalue weighted by Crippen LogP contribution is -2.31. The topological polar surface area (TPSA) is 80.5 Å². The van der Waals surface area contributed by atoms with Crippen LogP contribution in [-0.2, 0) is 14.8 Å². The molecule has 5 nitrogen and oxygen atoms in total. The maximum Gasteiger partial charge on any atom is 0.316 e. The van der Waals surface area contributed by atoms with E-state index in [2.05, 4.69) is 0 Å². The molecule has 0 heterocycles. The van der Waals surface area contributed by atoms with Gasteiger partial charge in [-0.25, -0.2) is 13.6 Å². The average molecular weight is 264 g/mol. The molecule has 0 aliphatic heterocycles. The van der Waals surface area contributed by atoms with E-state index in [-0.39, 0.29) is 10.6 Å². The van der Waals surface area contributed by atoms with E-state index in [9.17, 15) is 22.0 Å². The Bertz CT molecular complexity index is 514. The first-order valence-electron chi connectivity index (χ1n) is 4.42. The summed E-state index contributed by atoms with van der Waals surface area (Å²) in [4.78, 5) is 11.5. The van der Waals surface area contributed by atoms with E-state index in [1.54, 1.807) is 0 Å². The van der Waals surface area contributed by atoms with E-state index in [1.807, 2.05) is 0 Å². The zero-order valence-corrected chi connectivity index (χ0v) is 9.62. The summed E-state index contributed by atoms with van der Waals surface area (Å²) in [6.45, 7) is 0. The second-order valence-corrected chi connectivity index (χ2v) is 4.80. The zero-order chi connectivity index (χ0) is 13.2. The van der Waals surface area contributed by atoms with Crippen molar-refractivity contribution in [2.75, 3.05) is 11.9 Å². The maximum absolute atomic E-state index is 12.1. The minimum absolute atomic E-state index is 0.154. The highest BCUT2D eigenvalue weighted by Gasteiger charge is 2.21. The number of alkyl halides is 2. The Morgan fingerprint density at radius 2 is 1.76 bits per heavy atom. The number of amides is 1. The van der Waals surface area contributed by atoms with Gasteiger partial charge in [0.1, 0.15) is 0 Å². The van der Waals surface area contributed by atoms with Crippen LogP contribution in [-0.4, -0.2) is 27.8 Å². The molecule has 2 N–H and O–H groups in total. The number of rotatable bonds is 3. The molecule has 0 radical (unpaired) electrons. The molecular formula is C9H10F2N2O3S. The van der Waals surface area contributed by atoms with Crippen LogP contribution in [0.3, 0.4) is 0 Å². The first kappa shape index (κ1) is 13.5. The highest BCUT2D eigenvalue weighted by atomic mass is 32.2. The van der Waals surface area contributed by atoms with Crippen molar-refractivity contribution in [1.82, 2.24) is 0 Å². The number of carbonyl (C=O) groups is 1. The van der Waals surface area contributed by atoms with Crippen LogP contribution < -0.4 is 10.0 Å². The molecule has 0 bridgehead atoms. The van der Waals surface area contributed by atoms with Crippen molar-refractivity contribution in [3.8, 4) is 0 Å². The van der Waals surface area contributed by atoms with Gasteiger partial charge in [-0.1, -0.05) is 0 Å². The standard InChI is InChI=1S/C9H10F2N2O3S/c1-13(9(14)8(10)11)6-2-4-7(5-3-6)17(12,15)16/h2-5,8H,1H3,(H2,12,15,16). The van der Waals surface area contributed by atoms with Gasteiger partial charge in [0.2, 0.25) is 10.0 Å². The number of sulfonamides is 1. The number of hydrogen-bond acceptors (Lipinski definition) is 3. The molecule has 17 heavy (non-hydrogen) atoms. The van der Waals surface area contributed by atoms with Gasteiger partial charge in [-0.05, 0) is 24.3 Å². The molecule has 0 aliphatic carbocycles. The van der Waals surface area contributed by atoms with Crippen molar-refractivity contribution >= 4 is 21.6 Å². The van der Waals surface area contributed by atoms with Crippen LogP contribution in [0.4, 0.5) is 14.5 Å². The van der Waals surface area contributed by atoms with Gasteiger partial charge in [0, 0.05) is 12.7 Å². The largest absolute Gasteiger partial charge is 0.316 e. The number of nitrogens with two attached hydrogens (primary N) is 1. The molecule has 1 rings (SSSR count). The van der Waals surface area contributed by atoms with Crippen molar-refractivity contribution in [3.05, 3.63) is 24.3 Å². The molecule has 0 fully saturated rings. The van der Waals surface area contributed by atoms with Crippen molar-refractivity contribution < 1.29 is 22.0 Å². The minimum atomic E-state index is -3.83. The van der Waals surface area contributed by atoms with Crippen molar-refractivity contribution in [2.45, 2.75) is 11.3 Å². The lowest BCUT2D eigenvalue weighted by atomic mass is 10.3. The third kappa shape index (κ3) is 3.21. The Kier molecular flexibility index (Phi) is 3.79. The Balaban J connectivity index is 3.00. The van der Waals surface area contributed by atoms with Gasteiger partial charge < -0.3 is 4.90 Å². The summed E-state index contributed by atoms with van der Waals surface area (Å²) in [5.74, 6) is -1.37. The molecule has 0 saturated heterocycles. The van der Waals surface area contributed by atoms with Gasteiger partial charge in [0.05, 0.1) is 4.90 Å². The quantitative estimate of drug-likeness (QED) is 0.866. The van der Waals surface area contributed by atoms with E-state index < -0.39 is 22.4 Å². The number of anilines is 1. The second-order valence-electron chi connectivity index (χ2n) is 3.24. The van der Waals surface area contributed by atoms with Crippen molar-refractivity contribution in [3.63, 3.8) is 0 Å². The Morgan fingerprint density at radius 3 is 2.12 bits per heavy atom. The maximum atomic E-state index is 12.1. The van der Waals surface area contributed by atoms with Gasteiger partial charge in [-0.2, -0.15) is 8.78 Å². The molecule has 1 amide bonds. The summed E-state index contributed by atoms with van der Waals surface area (Å²) in [6, 6.07) is 4.72. The number of nitrogens with zero attached hydrogens (tertiary/aromatic N) is 1. The Morgan fingerprint density at radius 1 is 1.29 bits per heavy atom. The van der Waals surface area contributed by atoms with Gasteiger partial charge in [0.15, 0.2) is 0 Å². The smallest absolute Gasteiger partial charge is 0.311 e. The Hall–Kier alpha value is -1.54. The molecule has 0 atom stereocenters. The summed E-state index contributed by atoms with van der Waals surface area (Å²) >= 11 is 0. The van der Waals surface area contributed by atoms with E-state index in [0.29, 0.717) is 0 Å². The van der Waals surface area contributed by atoms with Crippen molar-refractivity contribution in [2.24, 2.45) is 5.14 Å². The van der Waals surface area contributed by atoms with Crippen molar-refractivity contribution in [1.29, 1.82) is 0 Å². The van der Waals surface area contributed by atoms with Crippen LogP contribution in [0.25, 0.3) is 0 Å². The highest BCUT2D eigenvalue weighted by Crippen LogP contribution is 2.17. The molecule has 1 aromatic rings. The van der Waals surface area contributed by atoms with Crippen LogP contribution in [0, 0.1) is 0 Å². The molecule has 94 valence electrons. The molecule has 0 saturated carbocycles.